The van der Waals surface area contributed by atoms with Crippen molar-refractivity contribution in [3.8, 4) is 17.5 Å². The summed E-state index contributed by atoms with van der Waals surface area (Å²) in [7, 11) is 0. The predicted molar refractivity (Wildman–Crippen MR) is 83.2 cm³/mol. The quantitative estimate of drug-likeness (QED) is 0.787. The van der Waals surface area contributed by atoms with Crippen LogP contribution in [0.25, 0.3) is 16.5 Å². The number of aromatic hydroxyl groups is 1. The van der Waals surface area contributed by atoms with Crippen LogP contribution in [0.4, 0.5) is 0 Å². The molecule has 1 saturated heterocycles. The molecule has 114 valence electrons. The van der Waals surface area contributed by atoms with Gasteiger partial charge in [0.2, 0.25) is 0 Å². The van der Waals surface area contributed by atoms with E-state index in [0.29, 0.717) is 12.3 Å². The Kier molecular flexibility index (Phi) is 3.21. The fraction of sp³-hybridized carbons (Fsp3) is 0.235. The molecule has 0 amide bonds. The number of phenolic OH excluding ortho intramolecular Hbond substituents is 1. The summed E-state index contributed by atoms with van der Waals surface area (Å²) in [6, 6.07) is 13.0. The first-order valence-electron chi connectivity index (χ1n) is 7.48. The summed E-state index contributed by atoms with van der Waals surface area (Å²) in [5, 5.41) is 29.1. The maximum absolute atomic E-state index is 10.1. The number of phenols is 1. The molecule has 0 saturated carbocycles. The van der Waals surface area contributed by atoms with Crippen LogP contribution in [0.2, 0.25) is 0 Å². The molecule has 0 spiro atoms. The third-order valence-electron chi connectivity index (χ3n) is 4.15. The summed E-state index contributed by atoms with van der Waals surface area (Å²) in [6.45, 7) is 0.678. The van der Waals surface area contributed by atoms with Crippen molar-refractivity contribution in [1.29, 1.82) is 5.26 Å². The van der Waals surface area contributed by atoms with Gasteiger partial charge in [-0.1, -0.05) is 29.5 Å². The molecular weight excluding hydrogens is 292 g/mol. The van der Waals surface area contributed by atoms with Gasteiger partial charge in [-0.3, -0.25) is 0 Å². The minimum Gasteiger partial charge on any atom is -0.507 e. The van der Waals surface area contributed by atoms with Gasteiger partial charge in [0.1, 0.15) is 23.6 Å². The second-order valence-electron chi connectivity index (χ2n) is 5.50. The number of ether oxygens (including phenoxy) is 1. The van der Waals surface area contributed by atoms with Gasteiger partial charge >= 0.3 is 0 Å². The molecule has 2 heterocycles. The van der Waals surface area contributed by atoms with Crippen LogP contribution in [0.5, 0.6) is 5.75 Å². The Morgan fingerprint density at radius 3 is 2.83 bits per heavy atom. The first kappa shape index (κ1) is 13.7. The van der Waals surface area contributed by atoms with E-state index in [4.69, 9.17) is 4.74 Å². The molecule has 0 bridgehead atoms. The number of benzene rings is 2. The van der Waals surface area contributed by atoms with Crippen LogP contribution >= 0.6 is 0 Å². The fourth-order valence-corrected chi connectivity index (χ4v) is 3.09. The summed E-state index contributed by atoms with van der Waals surface area (Å²) in [5.74, 6) is 0.212. The van der Waals surface area contributed by atoms with Crippen LogP contribution < -0.4 is 0 Å². The van der Waals surface area contributed by atoms with Crippen molar-refractivity contribution in [1.82, 2.24) is 15.0 Å². The topological polar surface area (TPSA) is 84.0 Å². The van der Waals surface area contributed by atoms with Gasteiger partial charge in [-0.25, -0.2) is 4.68 Å². The van der Waals surface area contributed by atoms with E-state index in [2.05, 4.69) is 16.4 Å². The minimum atomic E-state index is -0.174. The van der Waals surface area contributed by atoms with Gasteiger partial charge in [-0.2, -0.15) is 5.26 Å². The van der Waals surface area contributed by atoms with Crippen LogP contribution in [0, 0.1) is 11.3 Å². The van der Waals surface area contributed by atoms with Crippen molar-refractivity contribution >= 4 is 10.8 Å². The molecule has 1 aromatic heterocycles. The molecule has 2 aromatic carbocycles. The van der Waals surface area contributed by atoms with Crippen LogP contribution in [0.1, 0.15) is 30.3 Å². The predicted octanol–water partition coefficient (Wildman–Crippen LogP) is 2.85. The third kappa shape index (κ3) is 2.14. The third-order valence-corrected chi connectivity index (χ3v) is 4.15. The zero-order chi connectivity index (χ0) is 15.8. The van der Waals surface area contributed by atoms with Crippen LogP contribution in [-0.4, -0.2) is 26.7 Å². The number of hydrogen-bond acceptors (Lipinski definition) is 5. The number of aromatic nitrogens is 3. The van der Waals surface area contributed by atoms with E-state index in [9.17, 15) is 10.4 Å². The number of hydrogen-bond donors (Lipinski definition) is 1. The standard InChI is InChI=1S/C17H14N4O2/c18-10-13-17(16-8-3-9-23-16)21(20-19-13)14-6-1-5-12-11(14)4-2-7-15(12)22/h1-2,4-7,16,22H,3,8-9H2. The molecule has 3 aromatic rings. The van der Waals surface area contributed by atoms with Crippen molar-refractivity contribution in [2.45, 2.75) is 18.9 Å². The maximum atomic E-state index is 10.1. The van der Waals surface area contributed by atoms with Crippen molar-refractivity contribution in [2.75, 3.05) is 6.61 Å². The SMILES string of the molecule is N#Cc1nnn(-c2cccc3c(O)cccc23)c1C1CCCO1. The average Bonchev–Trinajstić information content (AvgIpc) is 3.23. The van der Waals surface area contributed by atoms with E-state index >= 15 is 0 Å². The van der Waals surface area contributed by atoms with E-state index < -0.39 is 0 Å². The lowest BCUT2D eigenvalue weighted by atomic mass is 10.1. The van der Waals surface area contributed by atoms with Gasteiger partial charge in [0.25, 0.3) is 0 Å². The molecule has 1 N–H and O–H groups in total. The fourth-order valence-electron chi connectivity index (χ4n) is 3.09. The van der Waals surface area contributed by atoms with Gasteiger partial charge in [-0.05, 0) is 25.0 Å². The Bertz CT molecular complexity index is 920. The largest absolute Gasteiger partial charge is 0.507 e. The molecule has 4 rings (SSSR count). The Morgan fingerprint density at radius 2 is 2.04 bits per heavy atom. The molecule has 0 aliphatic carbocycles. The molecule has 1 aliphatic rings. The Hall–Kier alpha value is -2.91. The van der Waals surface area contributed by atoms with Gasteiger partial charge in [0.05, 0.1) is 5.69 Å². The summed E-state index contributed by atoms with van der Waals surface area (Å²) in [6.07, 6.45) is 1.63. The minimum absolute atomic E-state index is 0.174. The molecule has 1 atom stereocenters. The van der Waals surface area contributed by atoms with E-state index in [1.807, 2.05) is 24.3 Å². The lowest BCUT2D eigenvalue weighted by Crippen LogP contribution is -2.08. The number of nitriles is 1. The molecular formula is C17H14N4O2. The summed E-state index contributed by atoms with van der Waals surface area (Å²) >= 11 is 0. The van der Waals surface area contributed by atoms with Crippen LogP contribution in [0.15, 0.2) is 36.4 Å². The zero-order valence-electron chi connectivity index (χ0n) is 12.3. The number of rotatable bonds is 2. The van der Waals surface area contributed by atoms with Crippen molar-refractivity contribution in [2.24, 2.45) is 0 Å². The average molecular weight is 306 g/mol. The molecule has 1 fully saturated rings. The smallest absolute Gasteiger partial charge is 0.189 e. The monoisotopic (exact) mass is 306 g/mol. The second-order valence-corrected chi connectivity index (χ2v) is 5.50. The van der Waals surface area contributed by atoms with Crippen LogP contribution in [0.3, 0.4) is 0 Å². The van der Waals surface area contributed by atoms with E-state index in [-0.39, 0.29) is 17.5 Å². The highest BCUT2D eigenvalue weighted by atomic mass is 16.5. The first-order chi connectivity index (χ1) is 11.3. The van der Waals surface area contributed by atoms with E-state index in [0.717, 1.165) is 29.3 Å². The highest BCUT2D eigenvalue weighted by Gasteiger charge is 2.27. The van der Waals surface area contributed by atoms with Gasteiger partial charge in [-0.15, -0.1) is 5.10 Å². The Balaban J connectivity index is 1.97. The molecule has 1 unspecified atom stereocenters. The molecule has 1 aliphatic heterocycles. The zero-order valence-corrected chi connectivity index (χ0v) is 12.3. The number of fused-ring (bicyclic) bond motifs is 1. The highest BCUT2D eigenvalue weighted by Crippen LogP contribution is 2.34. The molecule has 6 nitrogen and oxygen atoms in total. The molecule has 0 radical (unpaired) electrons. The van der Waals surface area contributed by atoms with Crippen molar-refractivity contribution in [3.63, 3.8) is 0 Å². The normalized spacial score (nSPS) is 17.4. The second kappa shape index (κ2) is 5.38. The van der Waals surface area contributed by atoms with Gasteiger partial charge in [0, 0.05) is 17.4 Å². The summed E-state index contributed by atoms with van der Waals surface area (Å²) in [4.78, 5) is 0. The Morgan fingerprint density at radius 1 is 1.22 bits per heavy atom. The lowest BCUT2D eigenvalue weighted by Gasteiger charge is -2.14. The lowest BCUT2D eigenvalue weighted by molar-refractivity contribution is 0.106. The van der Waals surface area contributed by atoms with Crippen molar-refractivity contribution in [3.05, 3.63) is 47.8 Å². The maximum Gasteiger partial charge on any atom is 0.189 e. The van der Waals surface area contributed by atoms with Crippen molar-refractivity contribution < 1.29 is 9.84 Å². The van der Waals surface area contributed by atoms with E-state index in [1.165, 1.54) is 0 Å². The summed E-state index contributed by atoms with van der Waals surface area (Å²) in [5.41, 5.74) is 1.74. The first-order valence-corrected chi connectivity index (χ1v) is 7.48. The van der Waals surface area contributed by atoms with E-state index in [1.54, 1.807) is 16.8 Å². The van der Waals surface area contributed by atoms with Gasteiger partial charge in [0.15, 0.2) is 5.69 Å². The molecule has 23 heavy (non-hydrogen) atoms. The number of nitrogens with zero attached hydrogens (tertiary/aromatic N) is 4. The van der Waals surface area contributed by atoms with Gasteiger partial charge < -0.3 is 9.84 Å². The van der Waals surface area contributed by atoms with Crippen LogP contribution in [-0.2, 0) is 4.74 Å². The Labute approximate surface area is 132 Å². The highest BCUT2D eigenvalue weighted by molar-refractivity contribution is 5.94. The summed E-state index contributed by atoms with van der Waals surface area (Å²) < 4.78 is 7.40. The molecule has 6 heteroatoms.